The second kappa shape index (κ2) is 5.97. The van der Waals surface area contributed by atoms with E-state index in [0.717, 1.165) is 6.42 Å². The number of carboxylic acid groups (broad SMARTS) is 1. The van der Waals surface area contributed by atoms with E-state index in [1.807, 2.05) is 0 Å². The molecule has 0 saturated heterocycles. The van der Waals surface area contributed by atoms with Gasteiger partial charge in [0.25, 0.3) is 0 Å². The largest absolute Gasteiger partial charge is 0.495 e. The van der Waals surface area contributed by atoms with Crippen LogP contribution >= 0.6 is 0 Å². The first-order valence-corrected chi connectivity index (χ1v) is 5.04. The summed E-state index contributed by atoms with van der Waals surface area (Å²) in [6, 6.07) is 4.70. The standard InChI is InChI=1S/C11H16N2O3/c1-16-10-4-3-8(11(14)15)7-9(10)13-6-2-5-12/h3-4,7,13H,2,5-6,12H2,1H3,(H,14,15). The van der Waals surface area contributed by atoms with Gasteiger partial charge in [0.2, 0.25) is 0 Å². The highest BCUT2D eigenvalue weighted by atomic mass is 16.5. The molecule has 0 radical (unpaired) electrons. The summed E-state index contributed by atoms with van der Waals surface area (Å²) < 4.78 is 5.12. The van der Waals surface area contributed by atoms with E-state index in [9.17, 15) is 4.79 Å². The van der Waals surface area contributed by atoms with Crippen LogP contribution in [0, 0.1) is 0 Å². The van der Waals surface area contributed by atoms with Crippen LogP contribution < -0.4 is 15.8 Å². The Morgan fingerprint density at radius 1 is 1.56 bits per heavy atom. The Morgan fingerprint density at radius 2 is 2.31 bits per heavy atom. The molecule has 1 aromatic carbocycles. The number of carbonyl (C=O) groups is 1. The van der Waals surface area contributed by atoms with E-state index in [1.165, 1.54) is 6.07 Å². The van der Waals surface area contributed by atoms with Gasteiger partial charge in [-0.3, -0.25) is 0 Å². The molecule has 0 unspecified atom stereocenters. The van der Waals surface area contributed by atoms with Gasteiger partial charge >= 0.3 is 5.97 Å². The molecule has 0 aliphatic carbocycles. The lowest BCUT2D eigenvalue weighted by Gasteiger charge is -2.11. The zero-order valence-corrected chi connectivity index (χ0v) is 9.19. The summed E-state index contributed by atoms with van der Waals surface area (Å²) in [5.74, 6) is -0.327. The van der Waals surface area contributed by atoms with Crippen LogP contribution in [0.4, 0.5) is 5.69 Å². The quantitative estimate of drug-likeness (QED) is 0.631. The Kier molecular flexibility index (Phi) is 4.60. The van der Waals surface area contributed by atoms with Crippen molar-refractivity contribution in [1.82, 2.24) is 0 Å². The monoisotopic (exact) mass is 224 g/mol. The normalized spacial score (nSPS) is 9.88. The molecule has 0 bridgehead atoms. The SMILES string of the molecule is COc1ccc(C(=O)O)cc1NCCCN. The van der Waals surface area contributed by atoms with Gasteiger partial charge in [-0.25, -0.2) is 4.79 Å². The molecule has 0 aliphatic heterocycles. The van der Waals surface area contributed by atoms with Crippen LogP contribution in [0.3, 0.4) is 0 Å². The fourth-order valence-corrected chi connectivity index (χ4v) is 1.30. The lowest BCUT2D eigenvalue weighted by atomic mass is 10.2. The summed E-state index contributed by atoms with van der Waals surface area (Å²) >= 11 is 0. The number of ether oxygens (including phenoxy) is 1. The Balaban J connectivity index is 2.84. The minimum Gasteiger partial charge on any atom is -0.495 e. The number of rotatable bonds is 6. The van der Waals surface area contributed by atoms with E-state index in [0.29, 0.717) is 24.5 Å². The van der Waals surface area contributed by atoms with E-state index < -0.39 is 5.97 Å². The van der Waals surface area contributed by atoms with Gasteiger partial charge in [0.15, 0.2) is 0 Å². The molecular weight excluding hydrogens is 208 g/mol. The Hall–Kier alpha value is -1.75. The molecule has 88 valence electrons. The molecule has 0 aliphatic rings. The summed E-state index contributed by atoms with van der Waals surface area (Å²) in [6.07, 6.45) is 0.820. The number of hydrogen-bond donors (Lipinski definition) is 3. The number of nitrogens with one attached hydrogen (secondary N) is 1. The smallest absolute Gasteiger partial charge is 0.335 e. The number of nitrogens with two attached hydrogens (primary N) is 1. The van der Waals surface area contributed by atoms with Crippen LogP contribution in [0.1, 0.15) is 16.8 Å². The first-order valence-electron chi connectivity index (χ1n) is 5.04. The van der Waals surface area contributed by atoms with Crippen molar-refractivity contribution in [3.63, 3.8) is 0 Å². The summed E-state index contributed by atoms with van der Waals surface area (Å²) in [5.41, 5.74) is 6.29. The van der Waals surface area contributed by atoms with Gasteiger partial charge in [0.05, 0.1) is 18.4 Å². The number of methoxy groups -OCH3 is 1. The molecule has 0 amide bonds. The number of aromatic carboxylic acids is 1. The number of benzene rings is 1. The van der Waals surface area contributed by atoms with E-state index in [4.69, 9.17) is 15.6 Å². The second-order valence-corrected chi connectivity index (χ2v) is 3.29. The number of anilines is 1. The Labute approximate surface area is 94.2 Å². The van der Waals surface area contributed by atoms with Gasteiger partial charge in [-0.15, -0.1) is 0 Å². The van der Waals surface area contributed by atoms with Crippen molar-refractivity contribution in [2.75, 3.05) is 25.5 Å². The van der Waals surface area contributed by atoms with Crippen molar-refractivity contribution in [3.05, 3.63) is 23.8 Å². The predicted molar refractivity (Wildman–Crippen MR) is 62.1 cm³/mol. The molecule has 0 atom stereocenters. The van der Waals surface area contributed by atoms with Crippen LogP contribution in [0.5, 0.6) is 5.75 Å². The molecule has 5 nitrogen and oxygen atoms in total. The van der Waals surface area contributed by atoms with Gasteiger partial charge in [-0.05, 0) is 31.2 Å². The summed E-state index contributed by atoms with van der Waals surface area (Å²) in [5, 5.41) is 11.9. The highest BCUT2D eigenvalue weighted by molar-refractivity contribution is 5.89. The van der Waals surface area contributed by atoms with Crippen molar-refractivity contribution in [2.45, 2.75) is 6.42 Å². The molecule has 4 N–H and O–H groups in total. The molecule has 0 fully saturated rings. The summed E-state index contributed by atoms with van der Waals surface area (Å²) in [7, 11) is 1.55. The van der Waals surface area contributed by atoms with Crippen LogP contribution in [0.2, 0.25) is 0 Å². The third-order valence-corrected chi connectivity index (χ3v) is 2.14. The van der Waals surface area contributed by atoms with Crippen molar-refractivity contribution in [1.29, 1.82) is 0 Å². The van der Waals surface area contributed by atoms with Gasteiger partial charge in [-0.1, -0.05) is 0 Å². The maximum absolute atomic E-state index is 10.8. The van der Waals surface area contributed by atoms with E-state index in [1.54, 1.807) is 19.2 Å². The first kappa shape index (κ1) is 12.3. The number of carboxylic acids is 1. The molecule has 1 aromatic rings. The molecule has 16 heavy (non-hydrogen) atoms. The maximum Gasteiger partial charge on any atom is 0.335 e. The lowest BCUT2D eigenvalue weighted by Crippen LogP contribution is -2.09. The van der Waals surface area contributed by atoms with Crippen LogP contribution in [-0.4, -0.2) is 31.3 Å². The van der Waals surface area contributed by atoms with Gasteiger partial charge in [0.1, 0.15) is 5.75 Å². The molecule has 1 rings (SSSR count). The first-order chi connectivity index (χ1) is 7.69. The fourth-order valence-electron chi connectivity index (χ4n) is 1.30. The van der Waals surface area contributed by atoms with Crippen molar-refractivity contribution < 1.29 is 14.6 Å². The predicted octanol–water partition coefficient (Wildman–Crippen LogP) is 1.15. The molecule has 0 aromatic heterocycles. The van der Waals surface area contributed by atoms with E-state index in [2.05, 4.69) is 5.32 Å². The maximum atomic E-state index is 10.8. The Bertz CT molecular complexity index is 366. The zero-order valence-electron chi connectivity index (χ0n) is 9.19. The average Bonchev–Trinajstić information content (AvgIpc) is 2.29. The second-order valence-electron chi connectivity index (χ2n) is 3.29. The third-order valence-electron chi connectivity index (χ3n) is 2.14. The van der Waals surface area contributed by atoms with Crippen molar-refractivity contribution in [3.8, 4) is 5.75 Å². The van der Waals surface area contributed by atoms with E-state index in [-0.39, 0.29) is 5.56 Å². The fraction of sp³-hybridized carbons (Fsp3) is 0.364. The van der Waals surface area contributed by atoms with Crippen molar-refractivity contribution in [2.24, 2.45) is 5.73 Å². The molecule has 0 heterocycles. The number of hydrogen-bond acceptors (Lipinski definition) is 4. The summed E-state index contributed by atoms with van der Waals surface area (Å²) in [6.45, 7) is 1.28. The topological polar surface area (TPSA) is 84.6 Å². The minimum absolute atomic E-state index is 0.232. The lowest BCUT2D eigenvalue weighted by molar-refractivity contribution is 0.0697. The molecular formula is C11H16N2O3. The third kappa shape index (κ3) is 3.13. The van der Waals surface area contributed by atoms with E-state index >= 15 is 0 Å². The minimum atomic E-state index is -0.954. The Morgan fingerprint density at radius 3 is 2.88 bits per heavy atom. The zero-order chi connectivity index (χ0) is 12.0. The van der Waals surface area contributed by atoms with Gasteiger partial charge in [0, 0.05) is 6.54 Å². The molecule has 0 saturated carbocycles. The molecule has 5 heteroatoms. The van der Waals surface area contributed by atoms with Crippen molar-refractivity contribution >= 4 is 11.7 Å². The molecule has 0 spiro atoms. The van der Waals surface area contributed by atoms with Crippen LogP contribution in [0.25, 0.3) is 0 Å². The summed E-state index contributed by atoms with van der Waals surface area (Å²) in [4.78, 5) is 10.8. The van der Waals surface area contributed by atoms with Crippen LogP contribution in [0.15, 0.2) is 18.2 Å². The van der Waals surface area contributed by atoms with Crippen LogP contribution in [-0.2, 0) is 0 Å². The van der Waals surface area contributed by atoms with Gasteiger partial charge < -0.3 is 20.9 Å². The highest BCUT2D eigenvalue weighted by Gasteiger charge is 2.08. The van der Waals surface area contributed by atoms with Gasteiger partial charge in [-0.2, -0.15) is 0 Å². The highest BCUT2D eigenvalue weighted by Crippen LogP contribution is 2.25. The average molecular weight is 224 g/mol.